The molecule has 1 aromatic carbocycles. The van der Waals surface area contributed by atoms with Gasteiger partial charge in [0, 0.05) is 23.0 Å². The maximum absolute atomic E-state index is 12.9. The molecule has 2 aromatic rings. The van der Waals surface area contributed by atoms with E-state index in [1.54, 1.807) is 36.0 Å². The van der Waals surface area contributed by atoms with Crippen LogP contribution in [0, 0.1) is 5.82 Å². The zero-order chi connectivity index (χ0) is 16.4. The van der Waals surface area contributed by atoms with E-state index in [9.17, 15) is 13.4 Å². The smallest absolute Gasteiger partial charge is 0.235 e. The summed E-state index contributed by atoms with van der Waals surface area (Å²) in [6.07, 6.45) is 3.75. The van der Waals surface area contributed by atoms with Gasteiger partial charge in [0.25, 0.3) is 0 Å². The molecule has 23 heavy (non-hydrogen) atoms. The van der Waals surface area contributed by atoms with Crippen molar-refractivity contribution < 1.29 is 13.4 Å². The lowest BCUT2D eigenvalue weighted by atomic mass is 10.3. The van der Waals surface area contributed by atoms with Gasteiger partial charge in [0.1, 0.15) is 11.1 Å². The summed E-state index contributed by atoms with van der Waals surface area (Å²) < 4.78 is 26.8. The summed E-state index contributed by atoms with van der Waals surface area (Å²) >= 11 is 0. The first-order valence-electron chi connectivity index (χ1n) is 7.51. The Morgan fingerprint density at radius 3 is 2.74 bits per heavy atom. The molecule has 5 nitrogen and oxygen atoms in total. The van der Waals surface area contributed by atoms with Gasteiger partial charge in [0.15, 0.2) is 0 Å². The van der Waals surface area contributed by atoms with E-state index in [0.717, 1.165) is 18.5 Å². The second-order valence-electron chi connectivity index (χ2n) is 5.68. The molecule has 1 aromatic heterocycles. The summed E-state index contributed by atoms with van der Waals surface area (Å²) in [4.78, 5) is 11.9. The fourth-order valence-electron chi connectivity index (χ4n) is 2.11. The molecule has 0 radical (unpaired) electrons. The van der Waals surface area contributed by atoms with E-state index in [-0.39, 0.29) is 23.5 Å². The summed E-state index contributed by atoms with van der Waals surface area (Å²) in [5.41, 5.74) is 1.36. The molecule has 7 heteroatoms. The number of hydrogen-bond acceptors (Lipinski definition) is 3. The molecule has 122 valence electrons. The van der Waals surface area contributed by atoms with Crippen LogP contribution in [-0.2, 0) is 21.3 Å². The monoisotopic (exact) mass is 335 g/mol. The topological polar surface area (TPSA) is 64.0 Å². The van der Waals surface area contributed by atoms with Crippen molar-refractivity contribution in [3.63, 3.8) is 0 Å². The molecule has 1 N–H and O–H groups in total. The minimum absolute atomic E-state index is 0.163. The molecule has 1 amide bonds. The lowest BCUT2D eigenvalue weighted by Crippen LogP contribution is -2.37. The number of amides is 1. The van der Waals surface area contributed by atoms with E-state index in [2.05, 4.69) is 10.4 Å². The minimum Gasteiger partial charge on any atom is -0.352 e. The Morgan fingerprint density at radius 2 is 2.09 bits per heavy atom. The van der Waals surface area contributed by atoms with Crippen LogP contribution >= 0.6 is 0 Å². The van der Waals surface area contributed by atoms with Gasteiger partial charge in [-0.15, -0.1) is 0 Å². The number of carbonyl (C=O) groups is 1. The van der Waals surface area contributed by atoms with Crippen LogP contribution < -0.4 is 5.32 Å². The van der Waals surface area contributed by atoms with Gasteiger partial charge in [-0.25, -0.2) is 9.07 Å². The highest BCUT2D eigenvalue weighted by molar-refractivity contribution is 7.85. The van der Waals surface area contributed by atoms with Crippen molar-refractivity contribution in [2.45, 2.75) is 36.8 Å². The molecule has 1 aliphatic carbocycles. The number of aromatic nitrogens is 2. The molecule has 1 heterocycles. The van der Waals surface area contributed by atoms with Crippen LogP contribution in [0.4, 0.5) is 4.39 Å². The van der Waals surface area contributed by atoms with Crippen molar-refractivity contribution in [3.05, 3.63) is 48.0 Å². The summed E-state index contributed by atoms with van der Waals surface area (Å²) in [5, 5.41) is 6.63. The van der Waals surface area contributed by atoms with Crippen molar-refractivity contribution in [3.8, 4) is 5.69 Å². The Bertz CT molecular complexity index is 725. The number of hydrogen-bond donors (Lipinski definition) is 1. The fourth-order valence-corrected chi connectivity index (χ4v) is 3.11. The van der Waals surface area contributed by atoms with E-state index in [4.69, 9.17) is 0 Å². The molecule has 1 aliphatic rings. The van der Waals surface area contributed by atoms with Crippen molar-refractivity contribution in [1.82, 2.24) is 15.1 Å². The maximum atomic E-state index is 12.9. The Morgan fingerprint density at radius 1 is 1.39 bits per heavy atom. The van der Waals surface area contributed by atoms with Crippen molar-refractivity contribution in [2.75, 3.05) is 0 Å². The standard InChI is InChI=1S/C16H18FN3O2S/c1-11(16(21)18-13-4-5-13)23(22)10-14-8-9-20(19-14)15-6-2-12(17)3-7-15/h2-3,6-9,11,13H,4-5,10H2,1H3,(H,18,21)/t11-,23+/m1/s1. The second kappa shape index (κ2) is 6.62. The van der Waals surface area contributed by atoms with Gasteiger partial charge in [0.2, 0.25) is 5.91 Å². The molecule has 0 bridgehead atoms. The summed E-state index contributed by atoms with van der Waals surface area (Å²) in [7, 11) is -1.33. The third-order valence-electron chi connectivity index (χ3n) is 3.71. The van der Waals surface area contributed by atoms with E-state index in [1.165, 1.54) is 12.1 Å². The molecule has 0 aliphatic heterocycles. The molecule has 2 atom stereocenters. The molecule has 0 unspecified atom stereocenters. The van der Waals surface area contributed by atoms with Gasteiger partial charge >= 0.3 is 0 Å². The van der Waals surface area contributed by atoms with E-state index < -0.39 is 16.0 Å². The first-order chi connectivity index (χ1) is 11.0. The van der Waals surface area contributed by atoms with Gasteiger partial charge < -0.3 is 5.32 Å². The number of rotatable bonds is 6. The largest absolute Gasteiger partial charge is 0.352 e. The lowest BCUT2D eigenvalue weighted by Gasteiger charge is -2.10. The number of nitrogens with one attached hydrogen (secondary N) is 1. The number of nitrogens with zero attached hydrogens (tertiary/aromatic N) is 2. The van der Waals surface area contributed by atoms with E-state index >= 15 is 0 Å². The molecular formula is C16H18FN3O2S. The Hall–Kier alpha value is -2.02. The van der Waals surface area contributed by atoms with E-state index in [0.29, 0.717) is 5.69 Å². The highest BCUT2D eigenvalue weighted by Gasteiger charge is 2.28. The van der Waals surface area contributed by atoms with Crippen molar-refractivity contribution in [2.24, 2.45) is 0 Å². The summed E-state index contributed by atoms with van der Waals surface area (Å²) in [6, 6.07) is 7.98. The van der Waals surface area contributed by atoms with Crippen LogP contribution in [-0.4, -0.2) is 31.2 Å². The van der Waals surface area contributed by atoms with E-state index in [1.807, 2.05) is 0 Å². The summed E-state index contributed by atoms with van der Waals surface area (Å²) in [5.74, 6) is -0.255. The summed E-state index contributed by atoms with van der Waals surface area (Å²) in [6.45, 7) is 1.67. The minimum atomic E-state index is -1.33. The van der Waals surface area contributed by atoms with Crippen LogP contribution in [0.2, 0.25) is 0 Å². The number of carbonyl (C=O) groups excluding carboxylic acids is 1. The zero-order valence-corrected chi connectivity index (χ0v) is 13.6. The molecule has 3 rings (SSSR count). The third kappa shape index (κ3) is 4.04. The zero-order valence-electron chi connectivity index (χ0n) is 12.7. The van der Waals surface area contributed by atoms with Gasteiger partial charge in [-0.3, -0.25) is 9.00 Å². The third-order valence-corrected chi connectivity index (χ3v) is 5.30. The number of halogens is 1. The van der Waals surface area contributed by atoms with Gasteiger partial charge in [-0.1, -0.05) is 0 Å². The van der Waals surface area contributed by atoms with Gasteiger partial charge in [0.05, 0.1) is 17.1 Å². The predicted molar refractivity (Wildman–Crippen MR) is 86.0 cm³/mol. The Kier molecular flexibility index (Phi) is 4.56. The molecule has 0 saturated heterocycles. The Labute approximate surface area is 136 Å². The average molecular weight is 335 g/mol. The Balaban J connectivity index is 1.62. The van der Waals surface area contributed by atoms with Crippen LogP contribution in [0.3, 0.4) is 0 Å². The average Bonchev–Trinajstić information content (AvgIpc) is 3.23. The maximum Gasteiger partial charge on any atom is 0.235 e. The van der Waals surface area contributed by atoms with Crippen LogP contribution in [0.5, 0.6) is 0 Å². The van der Waals surface area contributed by atoms with Gasteiger partial charge in [-0.2, -0.15) is 5.10 Å². The highest BCUT2D eigenvalue weighted by atomic mass is 32.2. The van der Waals surface area contributed by atoms with Crippen molar-refractivity contribution in [1.29, 1.82) is 0 Å². The second-order valence-corrected chi connectivity index (χ2v) is 7.44. The molecule has 0 spiro atoms. The SMILES string of the molecule is C[C@H](C(=O)NC1CC1)[S@@](=O)Cc1ccn(-c2ccc(F)cc2)n1. The molecule has 1 saturated carbocycles. The number of benzene rings is 1. The lowest BCUT2D eigenvalue weighted by molar-refractivity contribution is -0.120. The highest BCUT2D eigenvalue weighted by Crippen LogP contribution is 2.19. The van der Waals surface area contributed by atoms with Crippen LogP contribution in [0.15, 0.2) is 36.5 Å². The quantitative estimate of drug-likeness (QED) is 0.877. The van der Waals surface area contributed by atoms with Crippen LogP contribution in [0.25, 0.3) is 5.69 Å². The first kappa shape index (κ1) is 15.9. The predicted octanol–water partition coefficient (Wildman–Crippen LogP) is 1.93. The van der Waals surface area contributed by atoms with Gasteiger partial charge in [-0.05, 0) is 50.1 Å². The normalized spacial score (nSPS) is 16.8. The fraction of sp³-hybridized carbons (Fsp3) is 0.375. The van der Waals surface area contributed by atoms with Crippen LogP contribution in [0.1, 0.15) is 25.5 Å². The molecular weight excluding hydrogens is 317 g/mol. The molecule has 1 fully saturated rings. The van der Waals surface area contributed by atoms with Crippen molar-refractivity contribution >= 4 is 16.7 Å². The first-order valence-corrected chi connectivity index (χ1v) is 8.89.